The van der Waals surface area contributed by atoms with Crippen LogP contribution in [0.3, 0.4) is 0 Å². The zero-order valence-corrected chi connectivity index (χ0v) is 8.30. The zero-order chi connectivity index (χ0) is 9.71. The molecule has 0 aromatic heterocycles. The van der Waals surface area contributed by atoms with Gasteiger partial charge in [-0.15, -0.1) is 0 Å². The minimum Gasteiger partial charge on any atom is -0.507 e. The highest BCUT2D eigenvalue weighted by molar-refractivity contribution is 6.36. The fraction of sp³-hybridized carbons (Fsp3) is 0.167. The number of hydrogen-bond acceptors (Lipinski definition) is 1. The number of aryl methyl sites for hydroxylation is 2. The van der Waals surface area contributed by atoms with E-state index in [4.69, 9.17) is 11.6 Å². The Labute approximate surface area is 86.9 Å². The molecular formula is C12H9ClO. The average molecular weight is 205 g/mol. The third kappa shape index (κ3) is 0.906. The second-order valence-electron chi connectivity index (χ2n) is 3.70. The summed E-state index contributed by atoms with van der Waals surface area (Å²) in [5.41, 5.74) is 2.60. The lowest BCUT2D eigenvalue weighted by molar-refractivity contribution is 0.481. The van der Waals surface area contributed by atoms with Crippen molar-refractivity contribution in [2.45, 2.75) is 12.8 Å². The van der Waals surface area contributed by atoms with Crippen molar-refractivity contribution < 1.29 is 5.11 Å². The minimum atomic E-state index is 0.289. The molecule has 14 heavy (non-hydrogen) atoms. The molecule has 1 N–H and O–H groups in total. The number of phenols is 1. The van der Waals surface area contributed by atoms with E-state index in [1.54, 1.807) is 6.07 Å². The van der Waals surface area contributed by atoms with Gasteiger partial charge in [-0.3, -0.25) is 0 Å². The van der Waals surface area contributed by atoms with Crippen molar-refractivity contribution in [1.82, 2.24) is 0 Å². The standard InChI is InChI=1S/C12H9ClO/c13-9-5-3-7-1-2-8-4-6-10(14)12(9)11(7)8/h3-6,14H,1-2H2. The molecule has 2 heteroatoms. The van der Waals surface area contributed by atoms with Crippen molar-refractivity contribution in [2.24, 2.45) is 0 Å². The Balaban J connectivity index is 2.60. The molecular weight excluding hydrogens is 196 g/mol. The van der Waals surface area contributed by atoms with Crippen LogP contribution in [0.5, 0.6) is 5.75 Å². The van der Waals surface area contributed by atoms with Gasteiger partial charge >= 0.3 is 0 Å². The van der Waals surface area contributed by atoms with Gasteiger partial charge in [0.15, 0.2) is 0 Å². The first-order valence-corrected chi connectivity index (χ1v) is 5.07. The number of benzene rings is 2. The van der Waals surface area contributed by atoms with Gasteiger partial charge in [-0.25, -0.2) is 0 Å². The van der Waals surface area contributed by atoms with E-state index in [1.807, 2.05) is 12.1 Å². The molecule has 0 saturated heterocycles. The molecule has 70 valence electrons. The highest BCUT2D eigenvalue weighted by Crippen LogP contribution is 2.39. The van der Waals surface area contributed by atoms with E-state index >= 15 is 0 Å². The van der Waals surface area contributed by atoms with Crippen molar-refractivity contribution >= 4 is 22.4 Å². The molecule has 1 nitrogen and oxygen atoms in total. The number of aromatic hydroxyl groups is 1. The summed E-state index contributed by atoms with van der Waals surface area (Å²) in [5, 5.41) is 12.4. The third-order valence-electron chi connectivity index (χ3n) is 2.92. The molecule has 3 rings (SSSR count). The Hall–Kier alpha value is -1.21. The van der Waals surface area contributed by atoms with E-state index in [0.717, 1.165) is 23.6 Å². The summed E-state index contributed by atoms with van der Waals surface area (Å²) in [7, 11) is 0. The topological polar surface area (TPSA) is 20.2 Å². The second kappa shape index (κ2) is 2.64. The van der Waals surface area contributed by atoms with E-state index in [0.29, 0.717) is 5.02 Å². The molecule has 0 radical (unpaired) electrons. The lowest BCUT2D eigenvalue weighted by Gasteiger charge is -2.05. The summed E-state index contributed by atoms with van der Waals surface area (Å²) >= 11 is 6.07. The summed E-state index contributed by atoms with van der Waals surface area (Å²) in [6.07, 6.45) is 2.12. The third-order valence-corrected chi connectivity index (χ3v) is 3.24. The van der Waals surface area contributed by atoms with Gasteiger partial charge in [-0.05, 0) is 41.5 Å². The van der Waals surface area contributed by atoms with E-state index in [9.17, 15) is 5.11 Å². The Morgan fingerprint density at radius 1 is 0.929 bits per heavy atom. The lowest BCUT2D eigenvalue weighted by Crippen LogP contribution is -1.80. The summed E-state index contributed by atoms with van der Waals surface area (Å²) in [5.74, 6) is 0.289. The molecule has 0 heterocycles. The summed E-state index contributed by atoms with van der Waals surface area (Å²) in [6.45, 7) is 0. The van der Waals surface area contributed by atoms with Gasteiger partial charge < -0.3 is 5.11 Å². The number of halogens is 1. The average Bonchev–Trinajstić information content (AvgIpc) is 2.58. The van der Waals surface area contributed by atoms with Crippen molar-refractivity contribution in [3.8, 4) is 5.75 Å². The molecule has 0 fully saturated rings. The van der Waals surface area contributed by atoms with Gasteiger partial charge in [0.2, 0.25) is 0 Å². The molecule has 1 aliphatic carbocycles. The fourth-order valence-corrected chi connectivity index (χ4v) is 2.52. The molecule has 0 atom stereocenters. The molecule has 2 aromatic carbocycles. The van der Waals surface area contributed by atoms with Gasteiger partial charge in [0.05, 0.1) is 5.02 Å². The van der Waals surface area contributed by atoms with Crippen LogP contribution in [-0.4, -0.2) is 5.11 Å². The van der Waals surface area contributed by atoms with Gasteiger partial charge in [-0.1, -0.05) is 23.7 Å². The first-order valence-electron chi connectivity index (χ1n) is 4.69. The SMILES string of the molecule is Oc1ccc2c3c(ccc(Cl)c13)CC2. The van der Waals surface area contributed by atoms with E-state index < -0.39 is 0 Å². The maximum atomic E-state index is 9.74. The molecule has 2 aromatic rings. The molecule has 0 amide bonds. The maximum Gasteiger partial charge on any atom is 0.124 e. The van der Waals surface area contributed by atoms with E-state index in [1.165, 1.54) is 11.1 Å². The van der Waals surface area contributed by atoms with Crippen molar-refractivity contribution in [3.05, 3.63) is 40.4 Å². The van der Waals surface area contributed by atoms with Crippen LogP contribution in [0.25, 0.3) is 10.8 Å². The molecule has 0 saturated carbocycles. The highest BCUT2D eigenvalue weighted by atomic mass is 35.5. The molecule has 0 aliphatic heterocycles. The normalized spacial score (nSPS) is 13.8. The van der Waals surface area contributed by atoms with Gasteiger partial charge in [0, 0.05) is 5.39 Å². The van der Waals surface area contributed by atoms with Crippen LogP contribution < -0.4 is 0 Å². The summed E-state index contributed by atoms with van der Waals surface area (Å²) in [4.78, 5) is 0. The fourth-order valence-electron chi connectivity index (χ4n) is 2.27. The van der Waals surface area contributed by atoms with Crippen LogP contribution in [0.1, 0.15) is 11.1 Å². The molecule has 0 bridgehead atoms. The number of hydrogen-bond donors (Lipinski definition) is 1. The van der Waals surface area contributed by atoms with Crippen molar-refractivity contribution in [1.29, 1.82) is 0 Å². The first kappa shape index (κ1) is 8.13. The predicted molar refractivity (Wildman–Crippen MR) is 58.0 cm³/mol. The number of rotatable bonds is 0. The molecule has 1 aliphatic rings. The van der Waals surface area contributed by atoms with Crippen molar-refractivity contribution in [3.63, 3.8) is 0 Å². The summed E-state index contributed by atoms with van der Waals surface area (Å²) in [6, 6.07) is 7.65. The van der Waals surface area contributed by atoms with Gasteiger partial charge in [0.1, 0.15) is 5.75 Å². The minimum absolute atomic E-state index is 0.289. The van der Waals surface area contributed by atoms with Crippen LogP contribution in [0.4, 0.5) is 0 Å². The predicted octanol–water partition coefficient (Wildman–Crippen LogP) is 3.30. The van der Waals surface area contributed by atoms with E-state index in [2.05, 4.69) is 6.07 Å². The highest BCUT2D eigenvalue weighted by Gasteiger charge is 2.17. The Morgan fingerprint density at radius 3 is 2.29 bits per heavy atom. The molecule has 0 spiro atoms. The second-order valence-corrected chi connectivity index (χ2v) is 4.11. The lowest BCUT2D eigenvalue weighted by atomic mass is 10.0. The first-order chi connectivity index (χ1) is 6.77. The molecule has 0 unspecified atom stereocenters. The van der Waals surface area contributed by atoms with Crippen LogP contribution in [0.15, 0.2) is 24.3 Å². The van der Waals surface area contributed by atoms with Gasteiger partial charge in [0.25, 0.3) is 0 Å². The Morgan fingerprint density at radius 2 is 1.57 bits per heavy atom. The Bertz CT molecular complexity index is 487. The number of phenolic OH excluding ortho intramolecular Hbond substituents is 1. The quantitative estimate of drug-likeness (QED) is 0.698. The maximum absolute atomic E-state index is 9.74. The monoisotopic (exact) mass is 204 g/mol. The van der Waals surface area contributed by atoms with Crippen LogP contribution in [0.2, 0.25) is 5.02 Å². The van der Waals surface area contributed by atoms with Crippen LogP contribution in [-0.2, 0) is 12.8 Å². The smallest absolute Gasteiger partial charge is 0.124 e. The zero-order valence-electron chi connectivity index (χ0n) is 7.55. The Kier molecular flexibility index (Phi) is 1.53. The van der Waals surface area contributed by atoms with Crippen molar-refractivity contribution in [2.75, 3.05) is 0 Å². The van der Waals surface area contributed by atoms with Crippen LogP contribution in [0, 0.1) is 0 Å². The van der Waals surface area contributed by atoms with E-state index in [-0.39, 0.29) is 5.75 Å². The van der Waals surface area contributed by atoms with Gasteiger partial charge in [-0.2, -0.15) is 0 Å². The largest absolute Gasteiger partial charge is 0.507 e. The van der Waals surface area contributed by atoms with Crippen LogP contribution >= 0.6 is 11.6 Å². The summed E-state index contributed by atoms with van der Waals surface area (Å²) < 4.78 is 0.